The molecule has 0 spiro atoms. The van der Waals surface area contributed by atoms with Crippen molar-refractivity contribution in [1.82, 2.24) is 15.1 Å². The van der Waals surface area contributed by atoms with Gasteiger partial charge in [0, 0.05) is 32.0 Å². The van der Waals surface area contributed by atoms with Gasteiger partial charge in [-0.25, -0.2) is 0 Å². The van der Waals surface area contributed by atoms with Crippen LogP contribution in [0.2, 0.25) is 0 Å². The third-order valence-corrected chi connectivity index (χ3v) is 4.28. The maximum Gasteiger partial charge on any atom is 0.246 e. The molecule has 2 saturated heterocycles. The summed E-state index contributed by atoms with van der Waals surface area (Å²) in [5.41, 5.74) is 0.998. The van der Waals surface area contributed by atoms with Gasteiger partial charge in [0.05, 0.1) is 24.9 Å². The molecule has 1 N–H and O–H groups in total. The second-order valence-corrected chi connectivity index (χ2v) is 6.21. The third-order valence-electron chi connectivity index (χ3n) is 4.28. The number of aromatic nitrogens is 2. The SMILES string of the molecule is Cn1cc([C@H]2OCCC[C@@H]2NC(=O)COC[C@@H]2CCCO2)cn1. The first-order valence-electron chi connectivity index (χ1n) is 8.31. The van der Waals surface area contributed by atoms with Gasteiger partial charge in [-0.2, -0.15) is 5.10 Å². The fourth-order valence-corrected chi connectivity index (χ4v) is 3.15. The van der Waals surface area contributed by atoms with E-state index in [1.165, 1.54) is 0 Å². The van der Waals surface area contributed by atoms with Crippen molar-refractivity contribution in [1.29, 1.82) is 0 Å². The van der Waals surface area contributed by atoms with Crippen LogP contribution in [0.3, 0.4) is 0 Å². The highest BCUT2D eigenvalue weighted by molar-refractivity contribution is 5.77. The van der Waals surface area contributed by atoms with Gasteiger partial charge >= 0.3 is 0 Å². The third kappa shape index (κ3) is 4.53. The molecular formula is C16H25N3O4. The molecule has 0 saturated carbocycles. The van der Waals surface area contributed by atoms with Gasteiger partial charge in [0.1, 0.15) is 12.7 Å². The molecule has 2 fully saturated rings. The molecule has 0 aliphatic carbocycles. The highest BCUT2D eigenvalue weighted by Gasteiger charge is 2.29. The summed E-state index contributed by atoms with van der Waals surface area (Å²) < 4.78 is 18.5. The van der Waals surface area contributed by atoms with Gasteiger partial charge in [0.25, 0.3) is 0 Å². The van der Waals surface area contributed by atoms with Crippen molar-refractivity contribution in [2.24, 2.45) is 7.05 Å². The van der Waals surface area contributed by atoms with E-state index in [1.54, 1.807) is 10.9 Å². The van der Waals surface area contributed by atoms with Crippen LogP contribution in [0.4, 0.5) is 0 Å². The van der Waals surface area contributed by atoms with Crippen LogP contribution in [-0.2, 0) is 26.1 Å². The van der Waals surface area contributed by atoms with Crippen molar-refractivity contribution in [3.8, 4) is 0 Å². The van der Waals surface area contributed by atoms with Crippen LogP contribution >= 0.6 is 0 Å². The first-order valence-corrected chi connectivity index (χ1v) is 8.31. The van der Waals surface area contributed by atoms with Gasteiger partial charge in [0.15, 0.2) is 0 Å². The standard InChI is InChI=1S/C16H25N3O4/c1-19-9-12(8-17-19)16-14(5-3-7-23-16)18-15(20)11-21-10-13-4-2-6-22-13/h8-9,13-14,16H,2-7,10-11H2,1H3,(H,18,20)/t13-,14-,16+/m0/s1. The van der Waals surface area contributed by atoms with Crippen LogP contribution in [0.25, 0.3) is 0 Å². The van der Waals surface area contributed by atoms with Crippen LogP contribution in [0, 0.1) is 0 Å². The van der Waals surface area contributed by atoms with Gasteiger partial charge in [-0.15, -0.1) is 0 Å². The van der Waals surface area contributed by atoms with E-state index in [-0.39, 0.29) is 30.8 Å². The van der Waals surface area contributed by atoms with E-state index in [1.807, 2.05) is 13.2 Å². The topological polar surface area (TPSA) is 74.6 Å². The van der Waals surface area contributed by atoms with Crippen molar-refractivity contribution in [3.63, 3.8) is 0 Å². The smallest absolute Gasteiger partial charge is 0.246 e. The number of rotatable bonds is 6. The molecule has 0 aromatic carbocycles. The Morgan fingerprint density at radius 1 is 1.39 bits per heavy atom. The van der Waals surface area contributed by atoms with Crippen molar-refractivity contribution < 1.29 is 19.0 Å². The quantitative estimate of drug-likeness (QED) is 0.844. The number of carbonyl (C=O) groups excluding carboxylic acids is 1. The number of ether oxygens (including phenoxy) is 3. The fourth-order valence-electron chi connectivity index (χ4n) is 3.15. The Labute approximate surface area is 136 Å². The maximum absolute atomic E-state index is 12.1. The van der Waals surface area contributed by atoms with E-state index < -0.39 is 0 Å². The zero-order valence-corrected chi connectivity index (χ0v) is 13.6. The summed E-state index contributed by atoms with van der Waals surface area (Å²) in [4.78, 5) is 12.1. The molecule has 7 nitrogen and oxygen atoms in total. The molecule has 128 valence electrons. The lowest BCUT2D eigenvalue weighted by Gasteiger charge is -2.31. The number of hydrogen-bond donors (Lipinski definition) is 1. The molecule has 0 unspecified atom stereocenters. The Balaban J connectivity index is 1.47. The predicted molar refractivity (Wildman–Crippen MR) is 82.9 cm³/mol. The Morgan fingerprint density at radius 3 is 2.96 bits per heavy atom. The number of aryl methyl sites for hydroxylation is 1. The Morgan fingerprint density at radius 2 is 2.22 bits per heavy atom. The number of hydrogen-bond acceptors (Lipinski definition) is 5. The molecule has 23 heavy (non-hydrogen) atoms. The number of carbonyl (C=O) groups is 1. The zero-order valence-electron chi connectivity index (χ0n) is 13.6. The summed E-state index contributed by atoms with van der Waals surface area (Å²) in [5, 5.41) is 7.22. The number of nitrogens with zero attached hydrogens (tertiary/aromatic N) is 2. The van der Waals surface area contributed by atoms with Crippen molar-refractivity contribution >= 4 is 5.91 Å². The molecule has 3 heterocycles. The minimum absolute atomic E-state index is 0.0354. The highest BCUT2D eigenvalue weighted by atomic mass is 16.5. The average Bonchev–Trinajstić information content (AvgIpc) is 3.19. The Bertz CT molecular complexity index is 513. The second-order valence-electron chi connectivity index (χ2n) is 6.21. The minimum atomic E-state index is -0.139. The molecule has 3 atom stereocenters. The molecule has 1 aromatic rings. The van der Waals surface area contributed by atoms with E-state index in [0.29, 0.717) is 13.2 Å². The van der Waals surface area contributed by atoms with E-state index >= 15 is 0 Å². The van der Waals surface area contributed by atoms with E-state index in [0.717, 1.165) is 37.9 Å². The summed E-state index contributed by atoms with van der Waals surface area (Å²) in [5.74, 6) is -0.104. The predicted octanol–water partition coefficient (Wildman–Crippen LogP) is 0.952. The van der Waals surface area contributed by atoms with Gasteiger partial charge in [-0.05, 0) is 25.7 Å². The fraction of sp³-hybridized carbons (Fsp3) is 0.750. The number of amides is 1. The van der Waals surface area contributed by atoms with Gasteiger partial charge in [-0.3, -0.25) is 9.48 Å². The van der Waals surface area contributed by atoms with Crippen LogP contribution in [0.15, 0.2) is 12.4 Å². The summed E-state index contributed by atoms with van der Waals surface area (Å²) in [7, 11) is 1.87. The first-order chi connectivity index (χ1) is 11.2. The molecule has 1 aromatic heterocycles. The van der Waals surface area contributed by atoms with Crippen molar-refractivity contribution in [3.05, 3.63) is 18.0 Å². The van der Waals surface area contributed by atoms with Crippen LogP contribution < -0.4 is 5.32 Å². The van der Waals surface area contributed by atoms with Crippen molar-refractivity contribution in [2.75, 3.05) is 26.4 Å². The Kier molecular flexibility index (Phi) is 5.64. The molecule has 1 amide bonds. The lowest BCUT2D eigenvalue weighted by atomic mass is 9.98. The van der Waals surface area contributed by atoms with Gasteiger partial charge < -0.3 is 19.5 Å². The molecule has 2 aliphatic heterocycles. The number of nitrogens with one attached hydrogen (secondary N) is 1. The maximum atomic E-state index is 12.1. The van der Waals surface area contributed by atoms with Gasteiger partial charge in [-0.1, -0.05) is 0 Å². The van der Waals surface area contributed by atoms with Crippen LogP contribution in [0.1, 0.15) is 37.4 Å². The first kappa shape index (κ1) is 16.4. The normalized spacial score (nSPS) is 28.0. The van der Waals surface area contributed by atoms with Crippen LogP contribution in [-0.4, -0.2) is 54.3 Å². The van der Waals surface area contributed by atoms with Gasteiger partial charge in [0.2, 0.25) is 5.91 Å². The minimum Gasteiger partial charge on any atom is -0.376 e. The molecule has 3 rings (SSSR count). The molecule has 0 radical (unpaired) electrons. The lowest BCUT2D eigenvalue weighted by Crippen LogP contribution is -2.44. The van der Waals surface area contributed by atoms with Crippen molar-refractivity contribution in [2.45, 2.75) is 43.9 Å². The summed E-state index contributed by atoms with van der Waals surface area (Å²) in [6, 6.07) is -0.0354. The molecule has 7 heteroatoms. The summed E-state index contributed by atoms with van der Waals surface area (Å²) in [6.07, 6.45) is 7.67. The second kappa shape index (κ2) is 7.90. The van der Waals surface area contributed by atoms with Crippen LogP contribution in [0.5, 0.6) is 0 Å². The molecule has 0 bridgehead atoms. The largest absolute Gasteiger partial charge is 0.376 e. The monoisotopic (exact) mass is 323 g/mol. The Hall–Kier alpha value is -1.44. The highest BCUT2D eigenvalue weighted by Crippen LogP contribution is 2.28. The average molecular weight is 323 g/mol. The zero-order chi connectivity index (χ0) is 16.1. The van der Waals surface area contributed by atoms with E-state index in [2.05, 4.69) is 10.4 Å². The van der Waals surface area contributed by atoms with E-state index in [4.69, 9.17) is 14.2 Å². The summed E-state index contributed by atoms with van der Waals surface area (Å²) >= 11 is 0. The summed E-state index contributed by atoms with van der Waals surface area (Å²) in [6.45, 7) is 2.06. The lowest BCUT2D eigenvalue weighted by molar-refractivity contribution is -0.129. The van der Waals surface area contributed by atoms with E-state index in [9.17, 15) is 4.79 Å². The molecule has 2 aliphatic rings. The molecular weight excluding hydrogens is 298 g/mol.